The average Bonchev–Trinajstić information content (AvgIpc) is 2.68. The summed E-state index contributed by atoms with van der Waals surface area (Å²) in [5.74, 6) is 1.42. The molecular weight excluding hydrogens is 328 g/mol. The van der Waals surface area contributed by atoms with Gasteiger partial charge < -0.3 is 14.8 Å². The molecule has 0 fully saturated rings. The molecule has 5 nitrogen and oxygen atoms in total. The van der Waals surface area contributed by atoms with Crippen LogP contribution in [-0.4, -0.2) is 24.6 Å². The van der Waals surface area contributed by atoms with Crippen molar-refractivity contribution in [1.82, 2.24) is 4.98 Å². The summed E-state index contributed by atoms with van der Waals surface area (Å²) >= 11 is 0. The summed E-state index contributed by atoms with van der Waals surface area (Å²) in [5.41, 5.74) is 2.41. The van der Waals surface area contributed by atoms with Crippen LogP contribution in [0.5, 0.6) is 11.5 Å². The molecular formula is C21H22N2O3. The number of hydrogen-bond donors (Lipinski definition) is 1. The van der Waals surface area contributed by atoms with Gasteiger partial charge in [-0.1, -0.05) is 19.1 Å². The molecule has 0 atom stereocenters. The number of amides is 1. The first kappa shape index (κ1) is 17.7. The largest absolute Gasteiger partial charge is 0.497 e. The van der Waals surface area contributed by atoms with Crippen molar-refractivity contribution in [2.75, 3.05) is 19.0 Å². The lowest BCUT2D eigenvalue weighted by Crippen LogP contribution is -2.14. The van der Waals surface area contributed by atoms with E-state index >= 15 is 0 Å². The van der Waals surface area contributed by atoms with Crippen molar-refractivity contribution in [2.45, 2.75) is 19.8 Å². The molecule has 0 unspecified atom stereocenters. The number of carbonyl (C=O) groups is 1. The highest BCUT2D eigenvalue weighted by atomic mass is 16.5. The van der Waals surface area contributed by atoms with Crippen LogP contribution >= 0.6 is 0 Å². The van der Waals surface area contributed by atoms with E-state index in [1.807, 2.05) is 48.5 Å². The van der Waals surface area contributed by atoms with E-state index in [9.17, 15) is 4.79 Å². The van der Waals surface area contributed by atoms with E-state index in [-0.39, 0.29) is 5.91 Å². The zero-order valence-electron chi connectivity index (χ0n) is 15.0. The van der Waals surface area contributed by atoms with Crippen molar-refractivity contribution in [2.24, 2.45) is 0 Å². The molecule has 0 radical (unpaired) electrons. The maximum Gasteiger partial charge on any atom is 0.228 e. The molecule has 0 aliphatic carbocycles. The van der Waals surface area contributed by atoms with Crippen LogP contribution in [0.3, 0.4) is 0 Å². The summed E-state index contributed by atoms with van der Waals surface area (Å²) in [6.45, 7) is 2.69. The molecule has 0 spiro atoms. The van der Waals surface area contributed by atoms with Gasteiger partial charge in [-0.25, -0.2) is 0 Å². The lowest BCUT2D eigenvalue weighted by atomic mass is 10.1. The minimum atomic E-state index is -0.0810. The highest BCUT2D eigenvalue weighted by Crippen LogP contribution is 2.30. The fourth-order valence-corrected chi connectivity index (χ4v) is 2.71. The van der Waals surface area contributed by atoms with E-state index in [1.54, 1.807) is 13.3 Å². The molecule has 2 aromatic carbocycles. The zero-order chi connectivity index (χ0) is 18.4. The number of aromatic nitrogens is 1. The maximum absolute atomic E-state index is 12.4. The number of benzene rings is 2. The van der Waals surface area contributed by atoms with Gasteiger partial charge >= 0.3 is 0 Å². The van der Waals surface area contributed by atoms with Crippen molar-refractivity contribution in [3.8, 4) is 11.5 Å². The van der Waals surface area contributed by atoms with Gasteiger partial charge in [-0.05, 0) is 48.4 Å². The van der Waals surface area contributed by atoms with Gasteiger partial charge in [0, 0.05) is 11.6 Å². The fraction of sp³-hybridized carbons (Fsp3) is 0.238. The summed E-state index contributed by atoms with van der Waals surface area (Å²) in [6.07, 6.45) is 2.94. The molecule has 134 valence electrons. The third kappa shape index (κ3) is 4.11. The number of hydrogen-bond acceptors (Lipinski definition) is 4. The second-order valence-electron chi connectivity index (χ2n) is 5.93. The molecule has 1 amide bonds. The highest BCUT2D eigenvalue weighted by Gasteiger charge is 2.11. The van der Waals surface area contributed by atoms with Gasteiger partial charge in [-0.15, -0.1) is 0 Å². The Balaban J connectivity index is 1.78. The number of methoxy groups -OCH3 is 1. The second-order valence-corrected chi connectivity index (χ2v) is 5.93. The minimum Gasteiger partial charge on any atom is -0.497 e. The first-order valence-corrected chi connectivity index (χ1v) is 8.64. The highest BCUT2D eigenvalue weighted by molar-refractivity contribution is 6.03. The molecule has 3 rings (SSSR count). The Bertz CT molecular complexity index is 891. The lowest BCUT2D eigenvalue weighted by Gasteiger charge is -2.12. The molecule has 0 aliphatic rings. The molecule has 0 bridgehead atoms. The van der Waals surface area contributed by atoms with Gasteiger partial charge in [0.1, 0.15) is 17.0 Å². The molecule has 1 heterocycles. The van der Waals surface area contributed by atoms with Crippen molar-refractivity contribution < 1.29 is 14.3 Å². The van der Waals surface area contributed by atoms with Gasteiger partial charge in [0.25, 0.3) is 0 Å². The van der Waals surface area contributed by atoms with E-state index < -0.39 is 0 Å². The number of nitrogens with zero attached hydrogens (tertiary/aromatic N) is 1. The van der Waals surface area contributed by atoms with Crippen molar-refractivity contribution >= 4 is 22.5 Å². The van der Waals surface area contributed by atoms with Gasteiger partial charge in [0.05, 0.1) is 25.8 Å². The fourth-order valence-electron chi connectivity index (χ4n) is 2.71. The van der Waals surface area contributed by atoms with Gasteiger partial charge in [0.15, 0.2) is 0 Å². The SMILES string of the molecule is CCCOc1ccc(NC(=O)Cc2ccc(OC)cc2)c2cccnc12. The van der Waals surface area contributed by atoms with E-state index in [4.69, 9.17) is 9.47 Å². The van der Waals surface area contributed by atoms with Crippen LogP contribution in [0.15, 0.2) is 54.7 Å². The van der Waals surface area contributed by atoms with E-state index in [2.05, 4.69) is 17.2 Å². The number of fused-ring (bicyclic) bond motifs is 1. The van der Waals surface area contributed by atoms with Crippen molar-refractivity contribution in [1.29, 1.82) is 0 Å². The molecule has 5 heteroatoms. The summed E-state index contributed by atoms with van der Waals surface area (Å²) in [5, 5.41) is 3.84. The summed E-state index contributed by atoms with van der Waals surface area (Å²) in [6, 6.07) is 15.0. The van der Waals surface area contributed by atoms with E-state index in [0.29, 0.717) is 13.0 Å². The summed E-state index contributed by atoms with van der Waals surface area (Å²) in [4.78, 5) is 16.9. The van der Waals surface area contributed by atoms with Crippen LogP contribution in [-0.2, 0) is 11.2 Å². The quantitative estimate of drug-likeness (QED) is 0.693. The zero-order valence-corrected chi connectivity index (χ0v) is 15.0. The van der Waals surface area contributed by atoms with Gasteiger partial charge in [0.2, 0.25) is 5.91 Å². The van der Waals surface area contributed by atoms with Crippen LogP contribution in [0.25, 0.3) is 10.9 Å². The van der Waals surface area contributed by atoms with Crippen LogP contribution in [0.1, 0.15) is 18.9 Å². The topological polar surface area (TPSA) is 60.5 Å². The number of rotatable bonds is 7. The minimum absolute atomic E-state index is 0.0810. The molecule has 0 saturated heterocycles. The Morgan fingerprint density at radius 2 is 1.92 bits per heavy atom. The monoisotopic (exact) mass is 350 g/mol. The van der Waals surface area contributed by atoms with Crippen LogP contribution in [0, 0.1) is 0 Å². The molecule has 3 aromatic rings. The standard InChI is InChI=1S/C21H22N2O3/c1-3-13-26-19-11-10-18(17-5-4-12-22-21(17)19)23-20(24)14-15-6-8-16(25-2)9-7-15/h4-12H,3,13-14H2,1-2H3,(H,23,24). The number of anilines is 1. The molecule has 26 heavy (non-hydrogen) atoms. The summed E-state index contributed by atoms with van der Waals surface area (Å²) < 4.78 is 10.9. The van der Waals surface area contributed by atoms with E-state index in [0.717, 1.165) is 40.1 Å². The van der Waals surface area contributed by atoms with Crippen LogP contribution in [0.4, 0.5) is 5.69 Å². The van der Waals surface area contributed by atoms with Gasteiger partial charge in [-0.2, -0.15) is 0 Å². The van der Waals surface area contributed by atoms with Crippen molar-refractivity contribution in [3.63, 3.8) is 0 Å². The van der Waals surface area contributed by atoms with Crippen LogP contribution in [0.2, 0.25) is 0 Å². The molecule has 1 N–H and O–H groups in total. The number of ether oxygens (including phenoxy) is 2. The number of nitrogens with one attached hydrogen (secondary N) is 1. The Hall–Kier alpha value is -3.08. The Labute approximate surface area is 153 Å². The number of carbonyl (C=O) groups excluding carboxylic acids is 1. The molecule has 1 aromatic heterocycles. The predicted octanol–water partition coefficient (Wildman–Crippen LogP) is 4.21. The first-order valence-electron chi connectivity index (χ1n) is 8.64. The first-order chi connectivity index (χ1) is 12.7. The average molecular weight is 350 g/mol. The van der Waals surface area contributed by atoms with Crippen molar-refractivity contribution in [3.05, 3.63) is 60.3 Å². The second kappa shape index (κ2) is 8.34. The third-order valence-electron chi connectivity index (χ3n) is 3.99. The Morgan fingerprint density at radius 1 is 1.12 bits per heavy atom. The Kier molecular flexibility index (Phi) is 5.69. The molecule has 0 saturated carbocycles. The maximum atomic E-state index is 12.4. The Morgan fingerprint density at radius 3 is 2.65 bits per heavy atom. The summed E-state index contributed by atoms with van der Waals surface area (Å²) in [7, 11) is 1.62. The smallest absolute Gasteiger partial charge is 0.228 e. The normalized spacial score (nSPS) is 10.5. The third-order valence-corrected chi connectivity index (χ3v) is 3.99. The lowest BCUT2D eigenvalue weighted by molar-refractivity contribution is -0.115. The molecule has 0 aliphatic heterocycles. The predicted molar refractivity (Wildman–Crippen MR) is 103 cm³/mol. The van der Waals surface area contributed by atoms with E-state index in [1.165, 1.54) is 0 Å². The number of pyridine rings is 1. The van der Waals surface area contributed by atoms with Crippen LogP contribution < -0.4 is 14.8 Å². The van der Waals surface area contributed by atoms with Gasteiger partial charge in [-0.3, -0.25) is 9.78 Å².